The van der Waals surface area contributed by atoms with Crippen molar-refractivity contribution in [2.75, 3.05) is 13.2 Å². The Balaban J connectivity index is 2.05. The van der Waals surface area contributed by atoms with Crippen molar-refractivity contribution >= 4 is 27.3 Å². The lowest BCUT2D eigenvalue weighted by Gasteiger charge is -2.14. The van der Waals surface area contributed by atoms with E-state index in [1.54, 1.807) is 11.3 Å². The van der Waals surface area contributed by atoms with Gasteiger partial charge in [0.2, 0.25) is 0 Å². The van der Waals surface area contributed by atoms with E-state index in [2.05, 4.69) is 38.8 Å². The van der Waals surface area contributed by atoms with Gasteiger partial charge >= 0.3 is 0 Å². The first-order valence-electron chi connectivity index (χ1n) is 7.05. The summed E-state index contributed by atoms with van der Waals surface area (Å²) in [5.41, 5.74) is 1.17. The smallest absolute Gasteiger partial charge is 0.162 e. The first-order valence-corrected chi connectivity index (χ1v) is 8.73. The van der Waals surface area contributed by atoms with Crippen LogP contribution in [-0.4, -0.2) is 13.2 Å². The SMILES string of the molecule is CCOc1cc(Br)c(CNCc2cccs2)cc1OCC. The molecular formula is C16H20BrNO2S. The molecule has 0 spiro atoms. The molecule has 3 nitrogen and oxygen atoms in total. The average Bonchev–Trinajstić information content (AvgIpc) is 2.97. The molecule has 0 radical (unpaired) electrons. The Morgan fingerprint density at radius 3 is 2.43 bits per heavy atom. The van der Waals surface area contributed by atoms with E-state index in [0.717, 1.165) is 29.1 Å². The van der Waals surface area contributed by atoms with Crippen molar-refractivity contribution in [3.05, 3.63) is 44.6 Å². The van der Waals surface area contributed by atoms with Crippen LogP contribution in [0.15, 0.2) is 34.1 Å². The first-order chi connectivity index (χ1) is 10.2. The van der Waals surface area contributed by atoms with Crippen molar-refractivity contribution in [2.24, 2.45) is 0 Å². The second kappa shape index (κ2) is 8.41. The second-order valence-electron chi connectivity index (χ2n) is 4.44. The molecule has 2 aromatic rings. The van der Waals surface area contributed by atoms with E-state index in [9.17, 15) is 0 Å². The normalized spacial score (nSPS) is 10.6. The summed E-state index contributed by atoms with van der Waals surface area (Å²) in [6, 6.07) is 8.23. The first kappa shape index (κ1) is 16.3. The molecule has 0 saturated carbocycles. The largest absolute Gasteiger partial charge is 0.490 e. The Morgan fingerprint density at radius 2 is 1.81 bits per heavy atom. The summed E-state index contributed by atoms with van der Waals surface area (Å²) in [5.74, 6) is 1.59. The molecule has 0 saturated heterocycles. The molecule has 0 bridgehead atoms. The van der Waals surface area contributed by atoms with Gasteiger partial charge in [0.1, 0.15) is 0 Å². The molecule has 5 heteroatoms. The number of hydrogen-bond acceptors (Lipinski definition) is 4. The molecule has 2 rings (SSSR count). The van der Waals surface area contributed by atoms with Gasteiger partial charge in [-0.25, -0.2) is 0 Å². The fraction of sp³-hybridized carbons (Fsp3) is 0.375. The maximum Gasteiger partial charge on any atom is 0.162 e. The van der Waals surface area contributed by atoms with Crippen molar-refractivity contribution in [1.82, 2.24) is 5.32 Å². The predicted molar refractivity (Wildman–Crippen MR) is 91.3 cm³/mol. The highest BCUT2D eigenvalue weighted by Crippen LogP contribution is 2.34. The summed E-state index contributed by atoms with van der Waals surface area (Å²) in [7, 11) is 0. The zero-order valence-electron chi connectivity index (χ0n) is 12.3. The lowest BCUT2D eigenvalue weighted by Crippen LogP contribution is -2.12. The topological polar surface area (TPSA) is 30.5 Å². The zero-order valence-corrected chi connectivity index (χ0v) is 14.7. The summed E-state index contributed by atoms with van der Waals surface area (Å²) in [6.07, 6.45) is 0. The highest BCUT2D eigenvalue weighted by Gasteiger charge is 2.10. The van der Waals surface area contributed by atoms with E-state index < -0.39 is 0 Å². The van der Waals surface area contributed by atoms with E-state index in [4.69, 9.17) is 9.47 Å². The third kappa shape index (κ3) is 4.73. The monoisotopic (exact) mass is 369 g/mol. The van der Waals surface area contributed by atoms with Crippen LogP contribution in [0, 0.1) is 0 Å². The molecule has 0 amide bonds. The van der Waals surface area contributed by atoms with Gasteiger partial charge in [-0.1, -0.05) is 22.0 Å². The fourth-order valence-electron chi connectivity index (χ4n) is 1.98. The molecule has 0 fully saturated rings. The van der Waals surface area contributed by atoms with Gasteiger partial charge in [0.15, 0.2) is 11.5 Å². The highest BCUT2D eigenvalue weighted by atomic mass is 79.9. The Hall–Kier alpha value is -1.04. The molecular weight excluding hydrogens is 350 g/mol. The van der Waals surface area contributed by atoms with Gasteiger partial charge in [0.05, 0.1) is 13.2 Å². The van der Waals surface area contributed by atoms with Gasteiger partial charge in [0.25, 0.3) is 0 Å². The number of nitrogens with one attached hydrogen (secondary N) is 1. The van der Waals surface area contributed by atoms with Crippen molar-refractivity contribution in [1.29, 1.82) is 0 Å². The van der Waals surface area contributed by atoms with Crippen LogP contribution < -0.4 is 14.8 Å². The minimum Gasteiger partial charge on any atom is -0.490 e. The van der Waals surface area contributed by atoms with Crippen LogP contribution in [-0.2, 0) is 13.1 Å². The summed E-state index contributed by atoms with van der Waals surface area (Å²) < 4.78 is 12.3. The molecule has 1 N–H and O–H groups in total. The third-order valence-electron chi connectivity index (χ3n) is 2.91. The van der Waals surface area contributed by atoms with E-state index >= 15 is 0 Å². The quantitative estimate of drug-likeness (QED) is 0.737. The molecule has 21 heavy (non-hydrogen) atoms. The molecule has 0 atom stereocenters. The van der Waals surface area contributed by atoms with Crippen LogP contribution in [0.2, 0.25) is 0 Å². The van der Waals surface area contributed by atoms with E-state index in [-0.39, 0.29) is 0 Å². The van der Waals surface area contributed by atoms with Gasteiger partial charge in [-0.05, 0) is 43.0 Å². The highest BCUT2D eigenvalue weighted by molar-refractivity contribution is 9.10. The van der Waals surface area contributed by atoms with E-state index in [1.807, 2.05) is 26.0 Å². The van der Waals surface area contributed by atoms with Crippen LogP contribution in [0.5, 0.6) is 11.5 Å². The van der Waals surface area contributed by atoms with Crippen LogP contribution in [0.25, 0.3) is 0 Å². The van der Waals surface area contributed by atoms with E-state index in [1.165, 1.54) is 10.4 Å². The van der Waals surface area contributed by atoms with Gasteiger partial charge in [0, 0.05) is 22.4 Å². The second-order valence-corrected chi connectivity index (χ2v) is 6.33. The van der Waals surface area contributed by atoms with Crippen molar-refractivity contribution in [3.8, 4) is 11.5 Å². The summed E-state index contributed by atoms with van der Waals surface area (Å²) in [6.45, 7) is 6.87. The number of halogens is 1. The summed E-state index contributed by atoms with van der Waals surface area (Å²) in [4.78, 5) is 1.34. The maximum absolute atomic E-state index is 5.67. The molecule has 0 aliphatic heterocycles. The Kier molecular flexibility index (Phi) is 6.54. The van der Waals surface area contributed by atoms with Crippen molar-refractivity contribution in [3.63, 3.8) is 0 Å². The van der Waals surface area contributed by atoms with Crippen LogP contribution >= 0.6 is 27.3 Å². The minimum atomic E-state index is 0.627. The number of thiophene rings is 1. The Morgan fingerprint density at radius 1 is 1.10 bits per heavy atom. The van der Waals surface area contributed by atoms with Gasteiger partial charge < -0.3 is 14.8 Å². The Labute approximate surface area is 138 Å². The van der Waals surface area contributed by atoms with Crippen LogP contribution in [0.4, 0.5) is 0 Å². The van der Waals surface area contributed by atoms with Crippen molar-refractivity contribution < 1.29 is 9.47 Å². The molecule has 0 aliphatic carbocycles. The predicted octanol–water partition coefficient (Wildman–Crippen LogP) is 4.60. The standard InChI is InChI=1S/C16H20BrNO2S/c1-3-19-15-8-12(14(17)9-16(15)20-4-2)10-18-11-13-6-5-7-21-13/h5-9,18H,3-4,10-11H2,1-2H3. The number of hydrogen-bond donors (Lipinski definition) is 1. The summed E-state index contributed by atoms with van der Waals surface area (Å²) in [5, 5.41) is 5.54. The fourth-order valence-corrected chi connectivity index (χ4v) is 3.12. The third-order valence-corrected chi connectivity index (χ3v) is 4.52. The average molecular weight is 370 g/mol. The molecule has 114 valence electrons. The van der Waals surface area contributed by atoms with Gasteiger partial charge in [-0.3, -0.25) is 0 Å². The van der Waals surface area contributed by atoms with Crippen LogP contribution in [0.3, 0.4) is 0 Å². The molecule has 1 heterocycles. The minimum absolute atomic E-state index is 0.627. The number of ether oxygens (including phenoxy) is 2. The number of benzene rings is 1. The lowest BCUT2D eigenvalue weighted by molar-refractivity contribution is 0.287. The maximum atomic E-state index is 5.67. The van der Waals surface area contributed by atoms with Gasteiger partial charge in [-0.15, -0.1) is 11.3 Å². The molecule has 1 aromatic carbocycles. The Bertz CT molecular complexity index is 558. The molecule has 1 aromatic heterocycles. The van der Waals surface area contributed by atoms with Gasteiger partial charge in [-0.2, -0.15) is 0 Å². The van der Waals surface area contributed by atoms with Crippen LogP contribution in [0.1, 0.15) is 24.3 Å². The molecule has 0 aliphatic rings. The number of rotatable bonds is 8. The zero-order chi connectivity index (χ0) is 15.1. The van der Waals surface area contributed by atoms with Crippen molar-refractivity contribution in [2.45, 2.75) is 26.9 Å². The molecule has 0 unspecified atom stereocenters. The lowest BCUT2D eigenvalue weighted by atomic mass is 10.2. The summed E-state index contributed by atoms with van der Waals surface area (Å²) >= 11 is 5.37. The van der Waals surface area contributed by atoms with E-state index in [0.29, 0.717) is 13.2 Å².